The van der Waals surface area contributed by atoms with Gasteiger partial charge >= 0.3 is 0 Å². The van der Waals surface area contributed by atoms with Crippen LogP contribution in [0.4, 0.5) is 11.6 Å². The molecule has 0 radical (unpaired) electrons. The Bertz CT molecular complexity index is 438. The van der Waals surface area contributed by atoms with E-state index in [9.17, 15) is 5.11 Å². The van der Waals surface area contributed by atoms with Crippen LogP contribution >= 0.6 is 0 Å². The van der Waals surface area contributed by atoms with Crippen LogP contribution in [0, 0.1) is 5.92 Å². The van der Waals surface area contributed by atoms with Crippen LogP contribution in [0.15, 0.2) is 6.33 Å². The molecule has 5 nitrogen and oxygen atoms in total. The summed E-state index contributed by atoms with van der Waals surface area (Å²) in [6, 6.07) is 0. The number of aliphatic hydroxyl groups is 1. The van der Waals surface area contributed by atoms with E-state index in [1.54, 1.807) is 6.33 Å². The Hall–Kier alpha value is -1.36. The average molecular weight is 278 g/mol. The first kappa shape index (κ1) is 15.0. The zero-order valence-corrected chi connectivity index (χ0v) is 12.8. The van der Waals surface area contributed by atoms with Crippen molar-refractivity contribution in [2.45, 2.75) is 46.1 Å². The maximum Gasteiger partial charge on any atom is 0.137 e. The summed E-state index contributed by atoms with van der Waals surface area (Å²) in [6.45, 7) is 8.92. The van der Waals surface area contributed by atoms with Crippen molar-refractivity contribution < 1.29 is 5.11 Å². The second-order valence-electron chi connectivity index (χ2n) is 5.58. The topological polar surface area (TPSA) is 61.3 Å². The van der Waals surface area contributed by atoms with Crippen molar-refractivity contribution in [3.8, 4) is 0 Å². The van der Waals surface area contributed by atoms with Crippen molar-refractivity contribution in [2.75, 3.05) is 29.9 Å². The summed E-state index contributed by atoms with van der Waals surface area (Å²) in [6.07, 6.45) is 4.32. The Morgan fingerprint density at radius 2 is 2.20 bits per heavy atom. The molecule has 0 saturated carbocycles. The van der Waals surface area contributed by atoms with Crippen molar-refractivity contribution in [3.05, 3.63) is 11.9 Å². The van der Waals surface area contributed by atoms with Crippen LogP contribution in [-0.4, -0.2) is 40.8 Å². The number of piperidine rings is 1. The molecule has 20 heavy (non-hydrogen) atoms. The van der Waals surface area contributed by atoms with Gasteiger partial charge in [0.15, 0.2) is 0 Å². The molecule has 112 valence electrons. The summed E-state index contributed by atoms with van der Waals surface area (Å²) in [5.74, 6) is 2.29. The average Bonchev–Trinajstić information content (AvgIpc) is 2.47. The number of nitrogens with zero attached hydrogens (tertiary/aromatic N) is 3. The van der Waals surface area contributed by atoms with Gasteiger partial charge in [0.05, 0.1) is 6.10 Å². The van der Waals surface area contributed by atoms with Crippen LogP contribution in [0.2, 0.25) is 0 Å². The molecule has 1 aliphatic heterocycles. The molecule has 0 bridgehead atoms. The Kier molecular flexibility index (Phi) is 5.17. The number of hydrogen-bond donors (Lipinski definition) is 2. The molecule has 1 saturated heterocycles. The molecule has 1 fully saturated rings. The van der Waals surface area contributed by atoms with E-state index in [1.807, 2.05) is 0 Å². The molecule has 2 rings (SSSR count). The predicted octanol–water partition coefficient (Wildman–Crippen LogP) is 2.07. The lowest BCUT2D eigenvalue weighted by atomic mass is 9.96. The molecule has 1 aliphatic rings. The quantitative estimate of drug-likeness (QED) is 0.863. The molecule has 2 heterocycles. The third kappa shape index (κ3) is 3.20. The number of nitrogens with one attached hydrogen (secondary N) is 1. The summed E-state index contributed by atoms with van der Waals surface area (Å²) >= 11 is 0. The lowest BCUT2D eigenvalue weighted by Crippen LogP contribution is -2.43. The molecule has 1 aromatic heterocycles. The fraction of sp³-hybridized carbons (Fsp3) is 0.733. The highest BCUT2D eigenvalue weighted by Gasteiger charge is 2.26. The van der Waals surface area contributed by atoms with Gasteiger partial charge < -0.3 is 15.3 Å². The second-order valence-corrected chi connectivity index (χ2v) is 5.58. The number of β-amino-alcohol motifs (C(OH)–C–C–N with tert-alkyl or cyclic N) is 1. The van der Waals surface area contributed by atoms with Gasteiger partial charge in [0.2, 0.25) is 0 Å². The minimum atomic E-state index is -0.268. The molecule has 2 atom stereocenters. The van der Waals surface area contributed by atoms with Gasteiger partial charge in [0.25, 0.3) is 0 Å². The predicted molar refractivity (Wildman–Crippen MR) is 82.2 cm³/mol. The molecule has 0 amide bonds. The van der Waals surface area contributed by atoms with Crippen LogP contribution in [0.3, 0.4) is 0 Å². The zero-order chi connectivity index (χ0) is 14.5. The third-order valence-electron chi connectivity index (χ3n) is 4.04. The summed E-state index contributed by atoms with van der Waals surface area (Å²) in [5.41, 5.74) is 1.16. The molecule has 0 aromatic carbocycles. The number of aromatic nitrogens is 2. The normalized spacial score (nSPS) is 22.9. The minimum absolute atomic E-state index is 0.268. The highest BCUT2D eigenvalue weighted by molar-refractivity contribution is 5.59. The van der Waals surface area contributed by atoms with Gasteiger partial charge in [-0.3, -0.25) is 0 Å². The summed E-state index contributed by atoms with van der Waals surface area (Å²) in [5, 5.41) is 13.5. The fourth-order valence-corrected chi connectivity index (χ4v) is 2.64. The first-order valence-electron chi connectivity index (χ1n) is 7.68. The number of aliphatic hydroxyl groups excluding tert-OH is 1. The highest BCUT2D eigenvalue weighted by atomic mass is 16.3. The summed E-state index contributed by atoms with van der Waals surface area (Å²) in [7, 11) is 0. The van der Waals surface area contributed by atoms with Crippen LogP contribution in [-0.2, 0) is 6.42 Å². The molecule has 2 N–H and O–H groups in total. The maximum absolute atomic E-state index is 10.1. The van der Waals surface area contributed by atoms with Gasteiger partial charge in [-0.1, -0.05) is 20.8 Å². The molecule has 0 spiro atoms. The Labute approximate surface area is 121 Å². The van der Waals surface area contributed by atoms with E-state index >= 15 is 0 Å². The summed E-state index contributed by atoms with van der Waals surface area (Å²) in [4.78, 5) is 11.0. The highest BCUT2D eigenvalue weighted by Crippen LogP contribution is 2.28. The van der Waals surface area contributed by atoms with Gasteiger partial charge in [0, 0.05) is 25.2 Å². The van der Waals surface area contributed by atoms with Crippen LogP contribution in [0.5, 0.6) is 0 Å². The Morgan fingerprint density at radius 1 is 1.40 bits per heavy atom. The van der Waals surface area contributed by atoms with Gasteiger partial charge in [-0.2, -0.15) is 0 Å². The number of rotatable bonds is 5. The van der Waals surface area contributed by atoms with Crippen molar-refractivity contribution in [3.63, 3.8) is 0 Å². The molecule has 2 unspecified atom stereocenters. The van der Waals surface area contributed by atoms with E-state index in [2.05, 4.69) is 41.0 Å². The first-order valence-corrected chi connectivity index (χ1v) is 7.68. The van der Waals surface area contributed by atoms with E-state index in [4.69, 9.17) is 0 Å². The SMILES string of the molecule is CCCNc1ncnc(N2CCC(C)C(O)C2)c1CC. The van der Waals surface area contributed by atoms with Gasteiger partial charge in [-0.15, -0.1) is 0 Å². The second kappa shape index (κ2) is 6.88. The smallest absolute Gasteiger partial charge is 0.137 e. The van der Waals surface area contributed by atoms with Crippen molar-refractivity contribution in [2.24, 2.45) is 5.92 Å². The summed E-state index contributed by atoms with van der Waals surface area (Å²) < 4.78 is 0. The van der Waals surface area contributed by atoms with E-state index in [0.717, 1.165) is 49.6 Å². The van der Waals surface area contributed by atoms with Crippen LogP contribution < -0.4 is 10.2 Å². The van der Waals surface area contributed by atoms with Gasteiger partial charge in [0.1, 0.15) is 18.0 Å². The van der Waals surface area contributed by atoms with E-state index < -0.39 is 0 Å². The third-order valence-corrected chi connectivity index (χ3v) is 4.04. The largest absolute Gasteiger partial charge is 0.391 e. The molecular formula is C15H26N4O. The standard InChI is InChI=1S/C15H26N4O/c1-4-7-16-14-12(5-2)15(18-10-17-14)19-8-6-11(3)13(20)9-19/h10-11,13,20H,4-9H2,1-3H3,(H,16,17,18). The number of hydrogen-bond acceptors (Lipinski definition) is 5. The lowest BCUT2D eigenvalue weighted by molar-refractivity contribution is 0.102. The molecule has 5 heteroatoms. The monoisotopic (exact) mass is 278 g/mol. The Morgan fingerprint density at radius 3 is 2.85 bits per heavy atom. The minimum Gasteiger partial charge on any atom is -0.391 e. The van der Waals surface area contributed by atoms with Crippen molar-refractivity contribution >= 4 is 11.6 Å². The maximum atomic E-state index is 10.1. The zero-order valence-electron chi connectivity index (χ0n) is 12.8. The van der Waals surface area contributed by atoms with Crippen molar-refractivity contribution in [1.82, 2.24) is 9.97 Å². The van der Waals surface area contributed by atoms with E-state index in [1.165, 1.54) is 0 Å². The number of anilines is 2. The fourth-order valence-electron chi connectivity index (χ4n) is 2.64. The van der Waals surface area contributed by atoms with Gasteiger partial charge in [-0.25, -0.2) is 9.97 Å². The van der Waals surface area contributed by atoms with Crippen molar-refractivity contribution in [1.29, 1.82) is 0 Å². The molecular weight excluding hydrogens is 252 g/mol. The van der Waals surface area contributed by atoms with E-state index in [-0.39, 0.29) is 6.10 Å². The lowest BCUT2D eigenvalue weighted by Gasteiger charge is -2.36. The Balaban J connectivity index is 2.22. The molecule has 1 aromatic rings. The van der Waals surface area contributed by atoms with Gasteiger partial charge in [-0.05, 0) is 25.2 Å². The van der Waals surface area contributed by atoms with Crippen LogP contribution in [0.25, 0.3) is 0 Å². The first-order chi connectivity index (χ1) is 9.67. The molecule has 0 aliphatic carbocycles. The van der Waals surface area contributed by atoms with E-state index in [0.29, 0.717) is 12.5 Å². The van der Waals surface area contributed by atoms with Crippen LogP contribution in [0.1, 0.15) is 39.2 Å².